The first kappa shape index (κ1) is 18.2. The Morgan fingerprint density at radius 1 is 1.38 bits per heavy atom. The Hall–Kier alpha value is -0.820. The van der Waals surface area contributed by atoms with E-state index in [2.05, 4.69) is 29.2 Å². The largest absolute Gasteiger partial charge is 0.356 e. The van der Waals surface area contributed by atoms with Crippen LogP contribution >= 0.6 is 0 Å². The summed E-state index contributed by atoms with van der Waals surface area (Å²) in [7, 11) is 0.827. The molecule has 0 aromatic heterocycles. The van der Waals surface area contributed by atoms with Crippen LogP contribution in [0, 0.1) is 5.92 Å². The summed E-state index contributed by atoms with van der Waals surface area (Å²) >= 11 is 0. The molecule has 1 heterocycles. The van der Waals surface area contributed by atoms with Crippen molar-refractivity contribution >= 4 is 16.0 Å². The molecule has 0 aliphatic carbocycles. The zero-order valence-electron chi connectivity index (χ0n) is 13.8. The summed E-state index contributed by atoms with van der Waals surface area (Å²) in [5.74, 6) is 1.44. The van der Waals surface area contributed by atoms with E-state index in [0.717, 1.165) is 38.3 Å². The van der Waals surface area contributed by atoms with Gasteiger partial charge in [-0.15, -0.1) is 0 Å². The first-order valence-corrected chi connectivity index (χ1v) is 9.60. The van der Waals surface area contributed by atoms with Gasteiger partial charge in [-0.2, -0.15) is 0 Å². The number of unbranched alkanes of at least 4 members (excludes halogenated alkanes) is 1. The van der Waals surface area contributed by atoms with E-state index < -0.39 is 10.0 Å². The number of nitrogens with one attached hydrogen (secondary N) is 1. The second kappa shape index (κ2) is 8.58. The van der Waals surface area contributed by atoms with Crippen LogP contribution in [0.4, 0.5) is 0 Å². The van der Waals surface area contributed by atoms with Crippen molar-refractivity contribution < 1.29 is 8.42 Å². The number of guanidine groups is 1. The Labute approximate surface area is 129 Å². The summed E-state index contributed by atoms with van der Waals surface area (Å²) in [6.45, 7) is 5.31. The highest BCUT2D eigenvalue weighted by atomic mass is 32.2. The fourth-order valence-electron chi connectivity index (χ4n) is 2.57. The van der Waals surface area contributed by atoms with Crippen molar-refractivity contribution in [1.82, 2.24) is 14.5 Å². The predicted octanol–water partition coefficient (Wildman–Crippen LogP) is 0.965. The highest BCUT2D eigenvalue weighted by Crippen LogP contribution is 2.18. The molecule has 0 atom stereocenters. The van der Waals surface area contributed by atoms with Crippen LogP contribution in [-0.4, -0.2) is 70.1 Å². The third-order valence-electron chi connectivity index (χ3n) is 4.01. The van der Waals surface area contributed by atoms with Crippen LogP contribution in [0.3, 0.4) is 0 Å². The first-order chi connectivity index (χ1) is 9.88. The Kier molecular flexibility index (Phi) is 7.45. The second-order valence-corrected chi connectivity index (χ2v) is 7.79. The van der Waals surface area contributed by atoms with Crippen LogP contribution in [0.1, 0.15) is 32.6 Å². The smallest absolute Gasteiger partial charge is 0.211 e. The Balaban J connectivity index is 2.35. The zero-order valence-corrected chi connectivity index (χ0v) is 14.6. The Morgan fingerprint density at radius 3 is 2.48 bits per heavy atom. The monoisotopic (exact) mass is 318 g/mol. The molecule has 1 fully saturated rings. The molecule has 7 heteroatoms. The molecule has 0 saturated carbocycles. The summed E-state index contributed by atoms with van der Waals surface area (Å²) in [5, 5.41) is 3.41. The Bertz CT molecular complexity index is 428. The van der Waals surface area contributed by atoms with Gasteiger partial charge in [0.15, 0.2) is 5.96 Å². The molecule has 1 aliphatic heterocycles. The number of rotatable bonds is 6. The molecule has 0 bridgehead atoms. The minimum absolute atomic E-state index is 0.513. The fraction of sp³-hybridized carbons (Fsp3) is 0.929. The van der Waals surface area contributed by atoms with Gasteiger partial charge in [0.05, 0.1) is 6.26 Å². The van der Waals surface area contributed by atoms with E-state index in [-0.39, 0.29) is 0 Å². The predicted molar refractivity (Wildman–Crippen MR) is 88.0 cm³/mol. The molecule has 0 spiro atoms. The third-order valence-corrected chi connectivity index (χ3v) is 5.32. The molecule has 1 saturated heterocycles. The van der Waals surface area contributed by atoms with Crippen molar-refractivity contribution in [1.29, 1.82) is 0 Å². The number of sulfonamides is 1. The molecule has 0 aromatic carbocycles. The van der Waals surface area contributed by atoms with E-state index in [1.807, 2.05) is 0 Å². The standard InChI is InChI=1S/C14H30N4O2S/c1-5-6-9-17(3)14(15-2)16-12-13-7-10-18(11-8-13)21(4,19)20/h13H,5-12H2,1-4H3,(H,15,16). The molecule has 1 N–H and O–H groups in total. The zero-order chi connectivity index (χ0) is 15.9. The highest BCUT2D eigenvalue weighted by molar-refractivity contribution is 7.88. The first-order valence-electron chi connectivity index (χ1n) is 7.75. The maximum atomic E-state index is 11.5. The van der Waals surface area contributed by atoms with Crippen molar-refractivity contribution in [3.05, 3.63) is 0 Å². The minimum Gasteiger partial charge on any atom is -0.356 e. The third kappa shape index (κ3) is 6.22. The van der Waals surface area contributed by atoms with E-state index in [4.69, 9.17) is 0 Å². The lowest BCUT2D eigenvalue weighted by Gasteiger charge is -2.31. The van der Waals surface area contributed by atoms with Crippen molar-refractivity contribution in [3.63, 3.8) is 0 Å². The van der Waals surface area contributed by atoms with Crippen LogP contribution in [-0.2, 0) is 10.0 Å². The molecule has 0 aromatic rings. The van der Waals surface area contributed by atoms with Crippen molar-refractivity contribution in [3.8, 4) is 0 Å². The normalized spacial score (nSPS) is 18.8. The van der Waals surface area contributed by atoms with Gasteiger partial charge in [0.2, 0.25) is 10.0 Å². The van der Waals surface area contributed by atoms with Gasteiger partial charge >= 0.3 is 0 Å². The molecule has 124 valence electrons. The van der Waals surface area contributed by atoms with Crippen molar-refractivity contribution in [2.75, 3.05) is 46.5 Å². The van der Waals surface area contributed by atoms with Crippen LogP contribution in [0.5, 0.6) is 0 Å². The number of nitrogens with zero attached hydrogens (tertiary/aromatic N) is 3. The second-order valence-electron chi connectivity index (χ2n) is 5.81. The molecular formula is C14H30N4O2S. The molecule has 0 radical (unpaired) electrons. The average molecular weight is 318 g/mol. The number of hydrogen-bond donors (Lipinski definition) is 1. The van der Waals surface area contributed by atoms with Crippen LogP contribution in [0.15, 0.2) is 4.99 Å². The van der Waals surface area contributed by atoms with E-state index in [1.54, 1.807) is 11.4 Å². The topological polar surface area (TPSA) is 65.0 Å². The fourth-order valence-corrected chi connectivity index (χ4v) is 3.44. The molecular weight excluding hydrogens is 288 g/mol. The summed E-state index contributed by atoms with van der Waals surface area (Å²) in [6, 6.07) is 0. The van der Waals surface area contributed by atoms with Gasteiger partial charge < -0.3 is 10.2 Å². The quantitative estimate of drug-likeness (QED) is 0.585. The van der Waals surface area contributed by atoms with Gasteiger partial charge in [0.25, 0.3) is 0 Å². The lowest BCUT2D eigenvalue weighted by atomic mass is 9.98. The van der Waals surface area contributed by atoms with Gasteiger partial charge in [0.1, 0.15) is 0 Å². The van der Waals surface area contributed by atoms with E-state index in [9.17, 15) is 8.42 Å². The van der Waals surface area contributed by atoms with Gasteiger partial charge in [-0.1, -0.05) is 13.3 Å². The molecule has 6 nitrogen and oxygen atoms in total. The maximum Gasteiger partial charge on any atom is 0.211 e. The molecule has 0 amide bonds. The Morgan fingerprint density at radius 2 is 2.00 bits per heavy atom. The minimum atomic E-state index is -3.03. The van der Waals surface area contributed by atoms with E-state index in [1.165, 1.54) is 12.7 Å². The van der Waals surface area contributed by atoms with Gasteiger partial charge in [-0.3, -0.25) is 4.99 Å². The van der Waals surface area contributed by atoms with Crippen LogP contribution in [0.25, 0.3) is 0 Å². The summed E-state index contributed by atoms with van der Waals surface area (Å²) in [6.07, 6.45) is 5.44. The number of hydrogen-bond acceptors (Lipinski definition) is 3. The molecule has 1 aliphatic rings. The number of aliphatic imine (C=N–C) groups is 1. The lowest BCUT2D eigenvalue weighted by Crippen LogP contribution is -2.44. The molecule has 0 unspecified atom stereocenters. The van der Waals surface area contributed by atoms with Gasteiger partial charge in [0, 0.05) is 40.3 Å². The highest BCUT2D eigenvalue weighted by Gasteiger charge is 2.24. The van der Waals surface area contributed by atoms with Crippen LogP contribution < -0.4 is 5.32 Å². The van der Waals surface area contributed by atoms with E-state index in [0.29, 0.717) is 19.0 Å². The van der Waals surface area contributed by atoms with Crippen molar-refractivity contribution in [2.24, 2.45) is 10.9 Å². The summed E-state index contributed by atoms with van der Waals surface area (Å²) < 4.78 is 24.5. The molecule has 1 rings (SSSR count). The number of piperidine rings is 1. The SMILES string of the molecule is CCCCN(C)C(=NC)NCC1CCN(S(C)(=O)=O)CC1. The summed E-state index contributed by atoms with van der Waals surface area (Å²) in [5.41, 5.74) is 0. The molecule has 21 heavy (non-hydrogen) atoms. The van der Waals surface area contributed by atoms with Gasteiger partial charge in [-0.25, -0.2) is 12.7 Å². The van der Waals surface area contributed by atoms with Crippen molar-refractivity contribution in [2.45, 2.75) is 32.6 Å². The van der Waals surface area contributed by atoms with Gasteiger partial charge in [-0.05, 0) is 25.2 Å². The maximum absolute atomic E-state index is 11.5. The van der Waals surface area contributed by atoms with E-state index >= 15 is 0 Å². The van der Waals surface area contributed by atoms with Crippen LogP contribution in [0.2, 0.25) is 0 Å². The summed E-state index contributed by atoms with van der Waals surface area (Å²) in [4.78, 5) is 6.45. The lowest BCUT2D eigenvalue weighted by molar-refractivity contribution is 0.273. The average Bonchev–Trinajstić information content (AvgIpc) is 2.45.